The number of amides is 3. The molecule has 3 rings (SSSR count). The Morgan fingerprint density at radius 2 is 1.78 bits per heavy atom. The van der Waals surface area contributed by atoms with Gasteiger partial charge in [-0.3, -0.25) is 4.79 Å². The molecule has 0 aromatic heterocycles. The number of benzene rings is 1. The molecule has 32 heavy (non-hydrogen) atoms. The van der Waals surface area contributed by atoms with Crippen LogP contribution in [0.1, 0.15) is 20.3 Å². The molecular formula is C22H34N4O6. The Bertz CT molecular complexity index is 783. The lowest BCUT2D eigenvalue weighted by Crippen LogP contribution is -2.50. The number of urea groups is 1. The van der Waals surface area contributed by atoms with Gasteiger partial charge in [-0.25, -0.2) is 4.79 Å². The molecule has 2 heterocycles. The van der Waals surface area contributed by atoms with Crippen LogP contribution in [-0.4, -0.2) is 97.3 Å². The molecule has 0 aliphatic carbocycles. The maximum Gasteiger partial charge on any atom is 0.315 e. The molecule has 4 N–H and O–H groups in total. The second-order valence-electron chi connectivity index (χ2n) is 8.45. The van der Waals surface area contributed by atoms with Gasteiger partial charge < -0.3 is 40.1 Å². The molecule has 3 amide bonds. The van der Waals surface area contributed by atoms with Gasteiger partial charge in [0.05, 0.1) is 25.3 Å². The molecule has 2 saturated heterocycles. The highest BCUT2D eigenvalue weighted by atomic mass is 16.5. The van der Waals surface area contributed by atoms with Crippen LogP contribution in [0.25, 0.3) is 0 Å². The van der Waals surface area contributed by atoms with Crippen LogP contribution in [0, 0.1) is 0 Å². The van der Waals surface area contributed by atoms with Crippen molar-refractivity contribution in [1.82, 2.24) is 15.5 Å². The minimum absolute atomic E-state index is 0.0242. The highest BCUT2D eigenvalue weighted by Crippen LogP contribution is 2.29. The van der Waals surface area contributed by atoms with Crippen LogP contribution in [0.15, 0.2) is 24.3 Å². The topological polar surface area (TPSA) is 124 Å². The van der Waals surface area contributed by atoms with Crippen LogP contribution >= 0.6 is 0 Å². The average Bonchev–Trinajstić information content (AvgIpc) is 3.05. The molecule has 0 spiro atoms. The Morgan fingerprint density at radius 1 is 1.12 bits per heavy atom. The zero-order chi connectivity index (χ0) is 23.3. The summed E-state index contributed by atoms with van der Waals surface area (Å²) < 4.78 is 11.1. The van der Waals surface area contributed by atoms with Gasteiger partial charge in [-0.15, -0.1) is 0 Å². The summed E-state index contributed by atoms with van der Waals surface area (Å²) in [4.78, 5) is 28.5. The summed E-state index contributed by atoms with van der Waals surface area (Å²) in [5.41, 5.74) is 0.997. The third-order valence-corrected chi connectivity index (χ3v) is 5.78. The van der Waals surface area contributed by atoms with E-state index in [0.29, 0.717) is 26.2 Å². The molecule has 10 nitrogen and oxygen atoms in total. The van der Waals surface area contributed by atoms with Crippen LogP contribution in [0.5, 0.6) is 5.75 Å². The minimum atomic E-state index is -1.19. The third kappa shape index (κ3) is 5.81. The van der Waals surface area contributed by atoms with E-state index < -0.39 is 24.4 Å². The number of aliphatic hydroxyl groups excluding tert-OH is 2. The van der Waals surface area contributed by atoms with Crippen molar-refractivity contribution in [2.24, 2.45) is 0 Å². The summed E-state index contributed by atoms with van der Waals surface area (Å²) in [5.74, 6) is 0.664. The Labute approximate surface area is 188 Å². The number of para-hydroxylation sites is 2. The quantitative estimate of drug-likeness (QED) is 0.459. The molecule has 0 radical (unpaired) electrons. The van der Waals surface area contributed by atoms with Gasteiger partial charge in [0, 0.05) is 38.8 Å². The Morgan fingerprint density at radius 3 is 2.44 bits per heavy atom. The van der Waals surface area contributed by atoms with Crippen molar-refractivity contribution in [2.45, 2.75) is 50.7 Å². The molecule has 2 aliphatic heterocycles. The van der Waals surface area contributed by atoms with E-state index in [1.807, 2.05) is 38.1 Å². The number of carbonyl (C=O) groups excluding carboxylic acids is 2. The molecule has 0 saturated carbocycles. The molecule has 178 valence electrons. The van der Waals surface area contributed by atoms with E-state index in [9.17, 15) is 19.8 Å². The van der Waals surface area contributed by atoms with Gasteiger partial charge in [0.1, 0.15) is 24.1 Å². The molecule has 1 aromatic carbocycles. The summed E-state index contributed by atoms with van der Waals surface area (Å²) in [7, 11) is 1.64. The number of carbonyl (C=O) groups is 2. The molecule has 2 aliphatic rings. The lowest BCUT2D eigenvalue weighted by Gasteiger charge is -2.37. The lowest BCUT2D eigenvalue weighted by molar-refractivity contribution is -0.135. The van der Waals surface area contributed by atoms with E-state index in [0.717, 1.165) is 11.4 Å². The lowest BCUT2D eigenvalue weighted by atomic mass is 10.0. The molecule has 2 fully saturated rings. The number of ether oxygens (including phenoxy) is 2. The fraction of sp³-hybridized carbons (Fsp3) is 0.636. The summed E-state index contributed by atoms with van der Waals surface area (Å²) in [6, 6.07) is 7.38. The largest absolute Gasteiger partial charge is 0.495 e. The molecule has 10 heteroatoms. The number of piperazine rings is 1. The zero-order valence-electron chi connectivity index (χ0n) is 18.9. The standard InChI is InChI=1S/C22H34N4O6/c1-14(2)24-22(30)23-13-18-21(29)20(28)17(32-18)12-19(27)26-10-8-25(9-11-26)15-6-4-5-7-16(15)31-3/h4-7,14,17-18,20-21,28-29H,8-13H2,1-3H3,(H2,23,24,30). The summed E-state index contributed by atoms with van der Waals surface area (Å²) >= 11 is 0. The molecule has 4 atom stereocenters. The van der Waals surface area contributed by atoms with E-state index >= 15 is 0 Å². The van der Waals surface area contributed by atoms with Crippen LogP contribution in [0.2, 0.25) is 0 Å². The number of hydrogen-bond donors (Lipinski definition) is 4. The van der Waals surface area contributed by atoms with Gasteiger partial charge >= 0.3 is 6.03 Å². The molecule has 1 aromatic rings. The number of rotatable bonds is 7. The summed E-state index contributed by atoms with van der Waals surface area (Å²) in [6.45, 7) is 6.13. The van der Waals surface area contributed by atoms with Gasteiger partial charge in [0.15, 0.2) is 0 Å². The van der Waals surface area contributed by atoms with Crippen molar-refractivity contribution < 1.29 is 29.3 Å². The maximum absolute atomic E-state index is 12.8. The first-order valence-electron chi connectivity index (χ1n) is 11.0. The number of anilines is 1. The van der Waals surface area contributed by atoms with Crippen molar-refractivity contribution >= 4 is 17.6 Å². The van der Waals surface area contributed by atoms with Crippen molar-refractivity contribution in [3.8, 4) is 5.75 Å². The average molecular weight is 451 g/mol. The highest BCUT2D eigenvalue weighted by Gasteiger charge is 2.44. The maximum atomic E-state index is 12.8. The Kier molecular flexibility index (Phi) is 8.16. The Hall–Kier alpha value is -2.56. The van der Waals surface area contributed by atoms with Crippen molar-refractivity contribution in [2.75, 3.05) is 44.7 Å². The van der Waals surface area contributed by atoms with Gasteiger partial charge in [0.25, 0.3) is 0 Å². The molecular weight excluding hydrogens is 416 g/mol. The van der Waals surface area contributed by atoms with Gasteiger partial charge in [0.2, 0.25) is 5.91 Å². The fourth-order valence-corrected chi connectivity index (χ4v) is 4.06. The van der Waals surface area contributed by atoms with E-state index in [2.05, 4.69) is 15.5 Å². The van der Waals surface area contributed by atoms with Crippen LogP contribution in [0.4, 0.5) is 10.5 Å². The number of aliphatic hydroxyl groups is 2. The second kappa shape index (κ2) is 10.8. The summed E-state index contributed by atoms with van der Waals surface area (Å²) in [6.07, 6.45) is -3.97. The third-order valence-electron chi connectivity index (χ3n) is 5.78. The minimum Gasteiger partial charge on any atom is -0.495 e. The highest BCUT2D eigenvalue weighted by molar-refractivity contribution is 5.77. The van der Waals surface area contributed by atoms with E-state index in [1.54, 1.807) is 12.0 Å². The Balaban J connectivity index is 1.48. The predicted octanol–water partition coefficient (Wildman–Crippen LogP) is -0.0693. The van der Waals surface area contributed by atoms with E-state index in [1.165, 1.54) is 0 Å². The van der Waals surface area contributed by atoms with Crippen molar-refractivity contribution in [3.05, 3.63) is 24.3 Å². The van der Waals surface area contributed by atoms with Crippen molar-refractivity contribution in [1.29, 1.82) is 0 Å². The van der Waals surface area contributed by atoms with E-state index in [4.69, 9.17) is 9.47 Å². The van der Waals surface area contributed by atoms with Crippen molar-refractivity contribution in [3.63, 3.8) is 0 Å². The van der Waals surface area contributed by atoms with E-state index in [-0.39, 0.29) is 30.9 Å². The number of methoxy groups -OCH3 is 1. The second-order valence-corrected chi connectivity index (χ2v) is 8.45. The molecule has 0 bridgehead atoms. The smallest absolute Gasteiger partial charge is 0.315 e. The fourth-order valence-electron chi connectivity index (χ4n) is 4.06. The number of nitrogens with zero attached hydrogens (tertiary/aromatic N) is 2. The first kappa shape index (κ1) is 24.1. The zero-order valence-corrected chi connectivity index (χ0v) is 18.9. The monoisotopic (exact) mass is 450 g/mol. The number of nitrogens with one attached hydrogen (secondary N) is 2. The first-order chi connectivity index (χ1) is 15.3. The SMILES string of the molecule is COc1ccccc1N1CCN(C(=O)CC2OC(CNC(=O)NC(C)C)C(O)C2O)CC1. The summed E-state index contributed by atoms with van der Waals surface area (Å²) in [5, 5.41) is 25.9. The normalized spacial score (nSPS) is 25.7. The van der Waals surface area contributed by atoms with Crippen LogP contribution < -0.4 is 20.3 Å². The number of hydrogen-bond acceptors (Lipinski definition) is 7. The predicted molar refractivity (Wildman–Crippen MR) is 119 cm³/mol. The van der Waals surface area contributed by atoms with Crippen LogP contribution in [-0.2, 0) is 9.53 Å². The molecule has 4 unspecified atom stereocenters. The van der Waals surface area contributed by atoms with Crippen LogP contribution in [0.3, 0.4) is 0 Å². The van der Waals surface area contributed by atoms with Gasteiger partial charge in [-0.2, -0.15) is 0 Å². The van der Waals surface area contributed by atoms with Gasteiger partial charge in [-0.05, 0) is 26.0 Å². The first-order valence-corrected chi connectivity index (χ1v) is 11.0. The van der Waals surface area contributed by atoms with Gasteiger partial charge in [-0.1, -0.05) is 12.1 Å².